The van der Waals surface area contributed by atoms with Crippen molar-refractivity contribution >= 4 is 28.5 Å². The largest absolute Gasteiger partial charge is 0.495 e. The lowest BCUT2D eigenvalue weighted by atomic mass is 10.2. The third-order valence-corrected chi connectivity index (χ3v) is 5.13. The van der Waals surface area contributed by atoms with Gasteiger partial charge >= 0.3 is 0 Å². The third-order valence-electron chi connectivity index (χ3n) is 4.77. The number of ether oxygens (including phenoxy) is 1. The monoisotopic (exact) mass is 441 g/mol. The van der Waals surface area contributed by atoms with Crippen LogP contribution in [0.2, 0.25) is 5.02 Å². The molecule has 31 heavy (non-hydrogen) atoms. The smallest absolute Gasteiger partial charge is 0.160 e. The van der Waals surface area contributed by atoms with Crippen LogP contribution >= 0.6 is 11.6 Å². The predicted octanol–water partition coefficient (Wildman–Crippen LogP) is 3.08. The molecular formula is C21H21ClFN7O. The highest BCUT2D eigenvalue weighted by Gasteiger charge is 2.14. The number of fused-ring (bicyclic) bond motifs is 1. The van der Waals surface area contributed by atoms with E-state index in [9.17, 15) is 4.39 Å². The molecule has 3 heterocycles. The second-order valence-electron chi connectivity index (χ2n) is 6.84. The fraction of sp³-hybridized carbons (Fsp3) is 0.238. The maximum Gasteiger partial charge on any atom is 0.160 e. The average Bonchev–Trinajstić information content (AvgIpc) is 3.21. The second-order valence-corrected chi connectivity index (χ2v) is 7.22. The van der Waals surface area contributed by atoms with Gasteiger partial charge in [-0.3, -0.25) is 9.67 Å². The van der Waals surface area contributed by atoms with Crippen molar-refractivity contribution in [2.45, 2.75) is 6.54 Å². The molecule has 4 rings (SSSR count). The summed E-state index contributed by atoms with van der Waals surface area (Å²) in [7, 11) is 5.17. The summed E-state index contributed by atoms with van der Waals surface area (Å²) in [5.41, 5.74) is 3.35. The molecule has 0 unspecified atom stereocenters. The van der Waals surface area contributed by atoms with Crippen molar-refractivity contribution in [1.29, 1.82) is 0 Å². The SMILES string of the molecule is CNCCn1/c(=N/c2c(F)ccc(OC)c2Cl)ccc2ncc(-c3cnn(C)c3)nc21. The Morgan fingerprint density at radius 2 is 2.06 bits per heavy atom. The van der Waals surface area contributed by atoms with Crippen molar-refractivity contribution in [3.63, 3.8) is 0 Å². The molecule has 0 fully saturated rings. The summed E-state index contributed by atoms with van der Waals surface area (Å²) in [6.45, 7) is 1.19. The number of hydrogen-bond acceptors (Lipinski definition) is 6. The van der Waals surface area contributed by atoms with Gasteiger partial charge in [0.15, 0.2) is 11.5 Å². The maximum atomic E-state index is 14.5. The number of benzene rings is 1. The first kappa shape index (κ1) is 21.0. The summed E-state index contributed by atoms with van der Waals surface area (Å²) in [4.78, 5) is 13.9. The van der Waals surface area contributed by atoms with Gasteiger partial charge < -0.3 is 14.6 Å². The Bertz CT molecular complexity index is 1320. The van der Waals surface area contributed by atoms with Gasteiger partial charge in [0.2, 0.25) is 0 Å². The lowest BCUT2D eigenvalue weighted by Gasteiger charge is -2.12. The molecule has 4 aromatic rings. The van der Waals surface area contributed by atoms with Gasteiger partial charge in [0.1, 0.15) is 27.5 Å². The Labute approximate surface area is 183 Å². The molecule has 8 nitrogen and oxygen atoms in total. The van der Waals surface area contributed by atoms with Gasteiger partial charge in [-0.15, -0.1) is 0 Å². The first-order valence-electron chi connectivity index (χ1n) is 9.58. The Balaban J connectivity index is 1.96. The quantitative estimate of drug-likeness (QED) is 0.497. The highest BCUT2D eigenvalue weighted by atomic mass is 35.5. The Morgan fingerprint density at radius 1 is 1.23 bits per heavy atom. The maximum absolute atomic E-state index is 14.5. The van der Waals surface area contributed by atoms with Crippen LogP contribution < -0.4 is 15.5 Å². The summed E-state index contributed by atoms with van der Waals surface area (Å²) in [5.74, 6) is -0.190. The van der Waals surface area contributed by atoms with E-state index >= 15 is 0 Å². The van der Waals surface area contributed by atoms with Crippen molar-refractivity contribution in [3.8, 4) is 17.0 Å². The van der Waals surface area contributed by atoms with Gasteiger partial charge in [0.05, 0.1) is 25.2 Å². The minimum absolute atomic E-state index is 0.00921. The van der Waals surface area contributed by atoms with Gasteiger partial charge in [-0.05, 0) is 31.3 Å². The Kier molecular flexibility index (Phi) is 5.97. The molecule has 3 aromatic heterocycles. The van der Waals surface area contributed by atoms with Crippen molar-refractivity contribution in [1.82, 2.24) is 29.6 Å². The molecule has 0 aliphatic rings. The van der Waals surface area contributed by atoms with Crippen LogP contribution in [0.3, 0.4) is 0 Å². The molecule has 0 aliphatic carbocycles. The molecule has 160 valence electrons. The zero-order valence-corrected chi connectivity index (χ0v) is 18.1. The highest BCUT2D eigenvalue weighted by molar-refractivity contribution is 6.34. The van der Waals surface area contributed by atoms with Gasteiger partial charge in [-0.1, -0.05) is 11.6 Å². The Hall–Kier alpha value is -3.30. The Morgan fingerprint density at radius 3 is 2.77 bits per heavy atom. The van der Waals surface area contributed by atoms with E-state index < -0.39 is 5.82 Å². The topological polar surface area (TPSA) is 82.1 Å². The molecule has 1 N–H and O–H groups in total. The van der Waals surface area contributed by atoms with Crippen LogP contribution in [0.5, 0.6) is 5.75 Å². The molecule has 0 spiro atoms. The van der Waals surface area contributed by atoms with Crippen molar-refractivity contribution < 1.29 is 9.13 Å². The number of aryl methyl sites for hydroxylation is 1. The average molecular weight is 442 g/mol. The van der Waals surface area contributed by atoms with Crippen LogP contribution in [0.1, 0.15) is 0 Å². The van der Waals surface area contributed by atoms with Crippen molar-refractivity contribution in [2.75, 3.05) is 20.7 Å². The number of rotatable bonds is 6. The van der Waals surface area contributed by atoms with Crippen LogP contribution in [-0.4, -0.2) is 45.0 Å². The first-order chi connectivity index (χ1) is 15.0. The number of nitrogens with one attached hydrogen (secondary N) is 1. The number of methoxy groups -OCH3 is 1. The van der Waals surface area contributed by atoms with Gasteiger partial charge in [0, 0.05) is 31.9 Å². The van der Waals surface area contributed by atoms with Crippen molar-refractivity contribution in [2.24, 2.45) is 12.0 Å². The molecule has 0 saturated carbocycles. The minimum Gasteiger partial charge on any atom is -0.495 e. The number of aromatic nitrogens is 5. The van der Waals surface area contributed by atoms with E-state index in [4.69, 9.17) is 21.3 Å². The molecule has 0 radical (unpaired) electrons. The van der Waals surface area contributed by atoms with E-state index in [2.05, 4.69) is 20.4 Å². The third kappa shape index (κ3) is 4.14. The standard InChI is InChI=1S/C21H21ClFN7O/c1-24-8-9-30-18(28-20-14(23)4-6-17(31-3)19(20)22)7-5-15-21(30)27-16(11-25-15)13-10-26-29(2)12-13/h4-7,10-12,24H,8-9H2,1-3H3/b28-18+. The van der Waals surface area contributed by atoms with Crippen LogP contribution in [0, 0.1) is 5.82 Å². The van der Waals surface area contributed by atoms with E-state index in [0.29, 0.717) is 41.2 Å². The summed E-state index contributed by atoms with van der Waals surface area (Å²) >= 11 is 6.33. The summed E-state index contributed by atoms with van der Waals surface area (Å²) in [6, 6.07) is 6.32. The number of nitrogens with zero attached hydrogens (tertiary/aromatic N) is 6. The van der Waals surface area contributed by atoms with E-state index in [1.165, 1.54) is 19.2 Å². The highest BCUT2D eigenvalue weighted by Crippen LogP contribution is 2.35. The van der Waals surface area contributed by atoms with Crippen molar-refractivity contribution in [3.05, 3.63) is 59.2 Å². The normalized spacial score (nSPS) is 12.0. The zero-order valence-electron chi connectivity index (χ0n) is 17.3. The lowest BCUT2D eigenvalue weighted by molar-refractivity contribution is 0.414. The van der Waals surface area contributed by atoms with Gasteiger partial charge in [-0.25, -0.2) is 14.4 Å². The first-order valence-corrected chi connectivity index (χ1v) is 9.96. The summed E-state index contributed by atoms with van der Waals surface area (Å²) in [5, 5.41) is 7.43. The number of halogens is 2. The predicted molar refractivity (Wildman–Crippen MR) is 117 cm³/mol. The van der Waals surface area contributed by atoms with E-state index in [1.807, 2.05) is 24.9 Å². The van der Waals surface area contributed by atoms with E-state index in [0.717, 1.165) is 5.56 Å². The van der Waals surface area contributed by atoms with Crippen LogP contribution in [0.25, 0.3) is 22.4 Å². The summed E-state index contributed by atoms with van der Waals surface area (Å²) in [6.07, 6.45) is 5.30. The van der Waals surface area contributed by atoms with E-state index in [-0.39, 0.29) is 10.7 Å². The molecule has 1 aromatic carbocycles. The molecule has 0 atom stereocenters. The molecule has 0 saturated heterocycles. The lowest BCUT2D eigenvalue weighted by Crippen LogP contribution is -2.27. The number of likely N-dealkylation sites (N-methyl/N-ethyl adjacent to an activating group) is 1. The second kappa shape index (κ2) is 8.83. The molecule has 0 bridgehead atoms. The molecule has 10 heteroatoms. The zero-order chi connectivity index (χ0) is 22.0. The summed E-state index contributed by atoms with van der Waals surface area (Å²) < 4.78 is 23.3. The van der Waals surface area contributed by atoms with Crippen LogP contribution in [-0.2, 0) is 13.6 Å². The molecular weight excluding hydrogens is 421 g/mol. The molecule has 0 amide bonds. The molecule has 0 aliphatic heterocycles. The fourth-order valence-electron chi connectivity index (χ4n) is 3.19. The van der Waals surface area contributed by atoms with Gasteiger partial charge in [0.25, 0.3) is 0 Å². The van der Waals surface area contributed by atoms with Crippen LogP contribution in [0.4, 0.5) is 10.1 Å². The van der Waals surface area contributed by atoms with Gasteiger partial charge in [-0.2, -0.15) is 5.10 Å². The number of hydrogen-bond donors (Lipinski definition) is 1. The fourth-order valence-corrected chi connectivity index (χ4v) is 3.46. The van der Waals surface area contributed by atoms with E-state index in [1.54, 1.807) is 29.2 Å². The minimum atomic E-state index is -0.541. The number of pyridine rings is 1. The van der Waals surface area contributed by atoms with Crippen LogP contribution in [0.15, 0.2) is 47.8 Å².